The first-order valence-corrected chi connectivity index (χ1v) is 17.4. The van der Waals surface area contributed by atoms with Gasteiger partial charge >= 0.3 is 0 Å². The fourth-order valence-corrected chi connectivity index (χ4v) is 5.75. The van der Waals surface area contributed by atoms with Gasteiger partial charge in [0.2, 0.25) is 0 Å². The lowest BCUT2D eigenvalue weighted by Gasteiger charge is -2.29. The summed E-state index contributed by atoms with van der Waals surface area (Å²) in [6, 6.07) is 14.9. The van der Waals surface area contributed by atoms with E-state index in [1.165, 1.54) is 0 Å². The number of ether oxygens (including phenoxy) is 4. The van der Waals surface area contributed by atoms with Crippen molar-refractivity contribution < 1.29 is 29.2 Å². The lowest BCUT2D eigenvalue weighted by molar-refractivity contribution is -0.144. The minimum absolute atomic E-state index is 0.258. The van der Waals surface area contributed by atoms with E-state index < -0.39 is 0 Å². The maximum atomic E-state index is 10.7. The highest BCUT2D eigenvalue weighted by Gasteiger charge is 2.20. The molecule has 49 heavy (non-hydrogen) atoms. The molecular formula is C37H54N6O6. The summed E-state index contributed by atoms with van der Waals surface area (Å²) in [4.78, 5) is 14.0. The third-order valence-electron chi connectivity index (χ3n) is 8.20. The van der Waals surface area contributed by atoms with Gasteiger partial charge < -0.3 is 38.3 Å². The Kier molecular flexibility index (Phi) is 16.0. The third-order valence-corrected chi connectivity index (χ3v) is 8.20. The van der Waals surface area contributed by atoms with Gasteiger partial charge in [0.05, 0.1) is 19.6 Å². The van der Waals surface area contributed by atoms with Crippen LogP contribution in [0, 0.1) is 0 Å². The molecule has 0 radical (unpaired) electrons. The largest absolute Gasteiger partial charge is 0.508 e. The standard InChI is InChI=1S/C37H54N6O6/c1-5-46-36(47-6-2)17-20-42-21-18-38-34(42)27-40(25-30-13-9-11-15-32(30)44)23-24-41(26-31-14-10-12-16-33(31)45)28-35-39-19-22-43(35)29-37(48-7-3)49-8-4/h9-16,18-19,21-22,36-37,44-45H,5-8,17,20,23-29H2,1-4H3. The maximum Gasteiger partial charge on any atom is 0.175 e. The second kappa shape index (κ2) is 20.7. The first-order valence-electron chi connectivity index (χ1n) is 17.4. The van der Waals surface area contributed by atoms with E-state index in [9.17, 15) is 10.2 Å². The van der Waals surface area contributed by atoms with Crippen molar-refractivity contribution in [3.63, 3.8) is 0 Å². The van der Waals surface area contributed by atoms with Crippen molar-refractivity contribution in [2.45, 2.75) is 86.0 Å². The lowest BCUT2D eigenvalue weighted by atomic mass is 10.1. The van der Waals surface area contributed by atoms with Crippen LogP contribution in [0.4, 0.5) is 0 Å². The molecule has 0 aliphatic rings. The number of aryl methyl sites for hydroxylation is 1. The molecule has 0 aliphatic heterocycles. The van der Waals surface area contributed by atoms with E-state index in [4.69, 9.17) is 28.9 Å². The number of imidazole rings is 2. The normalized spacial score (nSPS) is 11.9. The second-order valence-electron chi connectivity index (χ2n) is 11.7. The number of phenolic OH excluding ortho intramolecular Hbond substituents is 2. The second-order valence-corrected chi connectivity index (χ2v) is 11.7. The van der Waals surface area contributed by atoms with E-state index in [1.54, 1.807) is 18.3 Å². The summed E-state index contributed by atoms with van der Waals surface area (Å²) in [5.74, 6) is 2.32. The number of benzene rings is 2. The summed E-state index contributed by atoms with van der Waals surface area (Å²) in [5.41, 5.74) is 1.68. The molecule has 2 aromatic carbocycles. The minimum Gasteiger partial charge on any atom is -0.508 e. The zero-order valence-corrected chi connectivity index (χ0v) is 29.5. The average molecular weight is 679 g/mol. The van der Waals surface area contributed by atoms with Crippen LogP contribution < -0.4 is 0 Å². The SMILES string of the molecule is CCOC(CCn1ccnc1CN(CCN(Cc1ccccc1O)Cc1nccn1CC(OCC)OCC)Cc1ccccc1O)OCC. The van der Waals surface area contributed by atoms with E-state index >= 15 is 0 Å². The van der Waals surface area contributed by atoms with E-state index in [2.05, 4.69) is 18.9 Å². The van der Waals surface area contributed by atoms with Crippen LogP contribution in [0.2, 0.25) is 0 Å². The summed E-state index contributed by atoms with van der Waals surface area (Å²) in [5, 5.41) is 21.4. The van der Waals surface area contributed by atoms with Crippen molar-refractivity contribution in [1.82, 2.24) is 28.9 Å². The van der Waals surface area contributed by atoms with Gasteiger partial charge in [0.1, 0.15) is 23.1 Å². The van der Waals surface area contributed by atoms with Crippen molar-refractivity contribution in [3.05, 3.63) is 96.1 Å². The van der Waals surface area contributed by atoms with Crippen molar-refractivity contribution in [3.8, 4) is 11.5 Å². The van der Waals surface area contributed by atoms with Crippen molar-refractivity contribution in [2.75, 3.05) is 39.5 Å². The van der Waals surface area contributed by atoms with Crippen LogP contribution in [0.5, 0.6) is 11.5 Å². The summed E-state index contributed by atoms with van der Waals surface area (Å²) >= 11 is 0. The van der Waals surface area contributed by atoms with Crippen LogP contribution in [0.1, 0.15) is 56.9 Å². The molecule has 0 saturated carbocycles. The van der Waals surface area contributed by atoms with Gasteiger partial charge in [-0.15, -0.1) is 0 Å². The van der Waals surface area contributed by atoms with Gasteiger partial charge in [-0.05, 0) is 39.8 Å². The van der Waals surface area contributed by atoms with Crippen LogP contribution in [-0.2, 0) is 58.2 Å². The number of phenols is 2. The zero-order valence-electron chi connectivity index (χ0n) is 29.5. The van der Waals surface area contributed by atoms with Gasteiger partial charge in [0, 0.05) is 101 Å². The Labute approximate surface area is 290 Å². The number of hydrogen-bond donors (Lipinski definition) is 2. The van der Waals surface area contributed by atoms with Crippen molar-refractivity contribution in [2.24, 2.45) is 0 Å². The fraction of sp³-hybridized carbons (Fsp3) is 0.514. The Bertz CT molecular complexity index is 1480. The Morgan fingerprint density at radius 1 is 0.612 bits per heavy atom. The van der Waals surface area contributed by atoms with Gasteiger partial charge in [-0.3, -0.25) is 9.80 Å². The predicted molar refractivity (Wildman–Crippen MR) is 188 cm³/mol. The van der Waals surface area contributed by atoms with Crippen LogP contribution in [0.15, 0.2) is 73.3 Å². The van der Waals surface area contributed by atoms with Crippen molar-refractivity contribution >= 4 is 0 Å². The summed E-state index contributed by atoms with van der Waals surface area (Å²) in [6.07, 6.45) is 7.63. The summed E-state index contributed by atoms with van der Waals surface area (Å²) < 4.78 is 27.4. The van der Waals surface area contributed by atoms with Crippen LogP contribution in [0.3, 0.4) is 0 Å². The molecule has 0 amide bonds. The molecule has 2 aromatic heterocycles. The number of para-hydroxylation sites is 2. The average Bonchev–Trinajstić information content (AvgIpc) is 3.73. The molecule has 0 fully saturated rings. The van der Waals surface area contributed by atoms with Gasteiger partial charge in [-0.2, -0.15) is 0 Å². The third kappa shape index (κ3) is 12.2. The first kappa shape index (κ1) is 38.0. The topological polar surface area (TPSA) is 120 Å². The van der Waals surface area contributed by atoms with Crippen LogP contribution in [-0.4, -0.2) is 91.2 Å². The number of rotatable bonds is 24. The Hall–Kier alpha value is -3.78. The Morgan fingerprint density at radius 3 is 1.55 bits per heavy atom. The molecule has 268 valence electrons. The summed E-state index contributed by atoms with van der Waals surface area (Å²) in [6.45, 7) is 14.9. The first-order chi connectivity index (χ1) is 23.9. The van der Waals surface area contributed by atoms with Gasteiger partial charge in [0.15, 0.2) is 12.6 Å². The molecule has 0 atom stereocenters. The van der Waals surface area contributed by atoms with Gasteiger partial charge in [0.25, 0.3) is 0 Å². The zero-order chi connectivity index (χ0) is 34.8. The number of aromatic hydroxyl groups is 2. The Morgan fingerprint density at radius 2 is 1.06 bits per heavy atom. The van der Waals surface area contributed by atoms with E-state index in [-0.39, 0.29) is 24.1 Å². The molecule has 2 N–H and O–H groups in total. The maximum absolute atomic E-state index is 10.7. The molecular weight excluding hydrogens is 624 g/mol. The highest BCUT2D eigenvalue weighted by Crippen LogP contribution is 2.22. The lowest BCUT2D eigenvalue weighted by Crippen LogP contribution is -2.36. The van der Waals surface area contributed by atoms with E-state index in [0.717, 1.165) is 22.8 Å². The monoisotopic (exact) mass is 678 g/mol. The molecule has 0 spiro atoms. The summed E-state index contributed by atoms with van der Waals surface area (Å²) in [7, 11) is 0. The van der Waals surface area contributed by atoms with E-state index in [1.807, 2.05) is 82.7 Å². The fourth-order valence-electron chi connectivity index (χ4n) is 5.75. The molecule has 12 nitrogen and oxygen atoms in total. The minimum atomic E-state index is -0.371. The molecule has 0 saturated heterocycles. The molecule has 4 aromatic rings. The molecule has 2 heterocycles. The number of hydrogen-bond acceptors (Lipinski definition) is 10. The molecule has 12 heteroatoms. The van der Waals surface area contributed by atoms with Crippen molar-refractivity contribution in [1.29, 1.82) is 0 Å². The quantitative estimate of drug-likeness (QED) is 0.0935. The van der Waals surface area contributed by atoms with Gasteiger partial charge in [-0.1, -0.05) is 36.4 Å². The predicted octanol–water partition coefficient (Wildman–Crippen LogP) is 5.38. The highest BCUT2D eigenvalue weighted by molar-refractivity contribution is 5.32. The molecule has 0 unspecified atom stereocenters. The Balaban J connectivity index is 1.55. The number of aromatic nitrogens is 4. The highest BCUT2D eigenvalue weighted by atomic mass is 16.7. The number of nitrogens with zero attached hydrogens (tertiary/aromatic N) is 6. The smallest absolute Gasteiger partial charge is 0.175 e. The molecule has 0 aliphatic carbocycles. The van der Waals surface area contributed by atoms with Gasteiger partial charge in [-0.25, -0.2) is 9.97 Å². The molecule has 4 rings (SSSR count). The molecule has 0 bridgehead atoms. The van der Waals surface area contributed by atoms with Crippen LogP contribution in [0.25, 0.3) is 0 Å². The van der Waals surface area contributed by atoms with Crippen LogP contribution >= 0.6 is 0 Å². The van der Waals surface area contributed by atoms with E-state index in [0.29, 0.717) is 85.2 Å².